The zero-order valence-electron chi connectivity index (χ0n) is 15.8. The van der Waals surface area contributed by atoms with Gasteiger partial charge in [0, 0.05) is 24.3 Å². The number of aromatic nitrogens is 2. The summed E-state index contributed by atoms with van der Waals surface area (Å²) in [6.07, 6.45) is 0.454. The van der Waals surface area contributed by atoms with Crippen LogP contribution in [0.5, 0.6) is 0 Å². The molecule has 3 N–H and O–H groups in total. The number of sulfone groups is 1. The molecule has 2 unspecified atom stereocenters. The van der Waals surface area contributed by atoms with Gasteiger partial charge in [-0.15, -0.1) is 10.2 Å². The molecule has 0 spiro atoms. The van der Waals surface area contributed by atoms with Gasteiger partial charge in [-0.25, -0.2) is 8.42 Å². The molecule has 1 aliphatic rings. The lowest BCUT2D eigenvalue weighted by Gasteiger charge is -2.14. The number of nitrogens with zero attached hydrogens (tertiary/aromatic N) is 2. The third kappa shape index (κ3) is 6.41. The molecule has 2 heterocycles. The van der Waals surface area contributed by atoms with E-state index >= 15 is 0 Å². The standard InChI is InChI=1S/C17H21N5O4S3/c1-10(15(24)19-14-6-7-29(25,26)9-14)27-17-22-21-16(28-17)20-13-5-3-4-12(8-13)18-11(2)23/h3-5,8,10,14H,6-7,9H2,1-2H3,(H,18,23)(H,19,24)(H,20,21). The summed E-state index contributed by atoms with van der Waals surface area (Å²) >= 11 is 2.57. The fraction of sp³-hybridized carbons (Fsp3) is 0.412. The number of rotatable bonds is 7. The quantitative estimate of drug-likeness (QED) is 0.541. The molecule has 0 aliphatic carbocycles. The molecule has 1 aromatic carbocycles. The predicted octanol–water partition coefficient (Wildman–Crippen LogP) is 2.02. The highest BCUT2D eigenvalue weighted by molar-refractivity contribution is 8.02. The maximum Gasteiger partial charge on any atom is 0.233 e. The first kappa shape index (κ1) is 21.5. The highest BCUT2D eigenvalue weighted by Crippen LogP contribution is 2.31. The molecule has 1 saturated heterocycles. The Morgan fingerprint density at radius 1 is 1.28 bits per heavy atom. The smallest absolute Gasteiger partial charge is 0.233 e. The predicted molar refractivity (Wildman–Crippen MR) is 114 cm³/mol. The third-order valence-electron chi connectivity index (χ3n) is 4.07. The molecule has 29 heavy (non-hydrogen) atoms. The second-order valence-electron chi connectivity index (χ2n) is 6.63. The molecule has 2 aromatic rings. The van der Waals surface area contributed by atoms with Crippen LogP contribution in [0.2, 0.25) is 0 Å². The van der Waals surface area contributed by atoms with Crippen LogP contribution in [0.15, 0.2) is 28.6 Å². The lowest BCUT2D eigenvalue weighted by atomic mass is 10.2. The lowest BCUT2D eigenvalue weighted by Crippen LogP contribution is -2.39. The Bertz CT molecular complexity index is 1010. The normalized spacial score (nSPS) is 18.8. The average molecular weight is 456 g/mol. The highest BCUT2D eigenvalue weighted by atomic mass is 32.2. The molecule has 2 atom stereocenters. The second-order valence-corrected chi connectivity index (χ2v) is 11.4. The summed E-state index contributed by atoms with van der Waals surface area (Å²) in [5, 5.41) is 16.9. The van der Waals surface area contributed by atoms with Crippen molar-refractivity contribution >= 4 is 61.3 Å². The largest absolute Gasteiger partial charge is 0.351 e. The van der Waals surface area contributed by atoms with Crippen LogP contribution in [0.3, 0.4) is 0 Å². The van der Waals surface area contributed by atoms with Gasteiger partial charge in [0.25, 0.3) is 0 Å². The maximum atomic E-state index is 12.3. The van der Waals surface area contributed by atoms with Crippen molar-refractivity contribution < 1.29 is 18.0 Å². The van der Waals surface area contributed by atoms with Crippen LogP contribution < -0.4 is 16.0 Å². The summed E-state index contributed by atoms with van der Waals surface area (Å²) < 4.78 is 23.6. The SMILES string of the molecule is CC(=O)Nc1cccc(Nc2nnc(SC(C)C(=O)NC3CCS(=O)(=O)C3)s2)c1. The summed E-state index contributed by atoms with van der Waals surface area (Å²) in [6, 6.07) is 6.88. The van der Waals surface area contributed by atoms with Crippen molar-refractivity contribution in [2.24, 2.45) is 0 Å². The number of hydrogen-bond donors (Lipinski definition) is 3. The van der Waals surface area contributed by atoms with Gasteiger partial charge in [0.05, 0.1) is 16.8 Å². The van der Waals surface area contributed by atoms with Gasteiger partial charge in [0.2, 0.25) is 16.9 Å². The summed E-state index contributed by atoms with van der Waals surface area (Å²) in [6.45, 7) is 3.19. The van der Waals surface area contributed by atoms with Gasteiger partial charge in [0.15, 0.2) is 14.2 Å². The number of anilines is 3. The minimum Gasteiger partial charge on any atom is -0.351 e. The van der Waals surface area contributed by atoms with Crippen molar-refractivity contribution in [3.8, 4) is 0 Å². The first-order valence-electron chi connectivity index (χ1n) is 8.86. The van der Waals surface area contributed by atoms with Gasteiger partial charge in [-0.3, -0.25) is 9.59 Å². The summed E-state index contributed by atoms with van der Waals surface area (Å²) in [5.74, 6) is -0.252. The van der Waals surface area contributed by atoms with Gasteiger partial charge in [-0.1, -0.05) is 29.2 Å². The van der Waals surface area contributed by atoms with E-state index in [1.54, 1.807) is 25.1 Å². The van der Waals surface area contributed by atoms with Crippen molar-refractivity contribution in [3.63, 3.8) is 0 Å². The number of benzene rings is 1. The number of carbonyl (C=O) groups excluding carboxylic acids is 2. The zero-order chi connectivity index (χ0) is 21.0. The molecule has 156 valence electrons. The Balaban J connectivity index is 1.54. The van der Waals surface area contributed by atoms with E-state index in [1.165, 1.54) is 30.0 Å². The Morgan fingerprint density at radius 3 is 2.72 bits per heavy atom. The molecular formula is C17H21N5O4S3. The number of amides is 2. The fourth-order valence-electron chi connectivity index (χ4n) is 2.74. The fourth-order valence-corrected chi connectivity index (χ4v) is 6.34. The molecule has 1 aromatic heterocycles. The minimum atomic E-state index is -3.04. The van der Waals surface area contributed by atoms with Crippen LogP contribution >= 0.6 is 23.1 Å². The van der Waals surface area contributed by atoms with E-state index in [4.69, 9.17) is 0 Å². The summed E-state index contributed by atoms with van der Waals surface area (Å²) in [5.41, 5.74) is 1.41. The average Bonchev–Trinajstić information content (AvgIpc) is 3.20. The topological polar surface area (TPSA) is 130 Å². The van der Waals surface area contributed by atoms with Crippen LogP contribution in [0.25, 0.3) is 0 Å². The first-order chi connectivity index (χ1) is 13.7. The van der Waals surface area contributed by atoms with E-state index in [0.717, 1.165) is 5.69 Å². The van der Waals surface area contributed by atoms with Crippen LogP contribution in [-0.2, 0) is 19.4 Å². The van der Waals surface area contributed by atoms with Crippen LogP contribution in [0.4, 0.5) is 16.5 Å². The molecule has 2 amide bonds. The highest BCUT2D eigenvalue weighted by Gasteiger charge is 2.30. The molecule has 0 saturated carbocycles. The first-order valence-corrected chi connectivity index (χ1v) is 12.4. The van der Waals surface area contributed by atoms with Crippen molar-refractivity contribution in [1.29, 1.82) is 0 Å². The van der Waals surface area contributed by atoms with Gasteiger partial charge >= 0.3 is 0 Å². The zero-order valence-corrected chi connectivity index (χ0v) is 18.3. The van der Waals surface area contributed by atoms with Gasteiger partial charge in [-0.05, 0) is 31.5 Å². The van der Waals surface area contributed by atoms with Gasteiger partial charge in [-0.2, -0.15) is 0 Å². The van der Waals surface area contributed by atoms with Crippen LogP contribution in [0, 0.1) is 0 Å². The van der Waals surface area contributed by atoms with E-state index in [1.807, 2.05) is 6.07 Å². The molecule has 9 nitrogen and oxygen atoms in total. The Labute approximate surface area is 177 Å². The van der Waals surface area contributed by atoms with E-state index < -0.39 is 15.1 Å². The molecule has 1 fully saturated rings. The van der Waals surface area contributed by atoms with Crippen molar-refractivity contribution in [2.45, 2.75) is 35.9 Å². The number of nitrogens with one attached hydrogen (secondary N) is 3. The van der Waals surface area contributed by atoms with Crippen LogP contribution in [-0.4, -0.2) is 53.2 Å². The van der Waals surface area contributed by atoms with E-state index in [2.05, 4.69) is 26.1 Å². The van der Waals surface area contributed by atoms with Crippen molar-refractivity contribution in [3.05, 3.63) is 24.3 Å². The monoisotopic (exact) mass is 455 g/mol. The minimum absolute atomic E-state index is 0.000547. The number of hydrogen-bond acceptors (Lipinski definition) is 9. The Hall–Kier alpha value is -2.18. The van der Waals surface area contributed by atoms with Gasteiger partial charge in [0.1, 0.15) is 0 Å². The maximum absolute atomic E-state index is 12.3. The number of carbonyl (C=O) groups is 2. The summed E-state index contributed by atoms with van der Waals surface area (Å²) in [7, 11) is -3.04. The Morgan fingerprint density at radius 2 is 2.03 bits per heavy atom. The van der Waals surface area contributed by atoms with E-state index in [-0.39, 0.29) is 29.4 Å². The third-order valence-corrected chi connectivity index (χ3v) is 7.86. The second kappa shape index (κ2) is 9.09. The van der Waals surface area contributed by atoms with Crippen molar-refractivity contribution in [2.75, 3.05) is 22.1 Å². The molecule has 12 heteroatoms. The lowest BCUT2D eigenvalue weighted by molar-refractivity contribution is -0.120. The number of thioether (sulfide) groups is 1. The molecule has 3 rings (SSSR count). The van der Waals surface area contributed by atoms with Crippen molar-refractivity contribution in [1.82, 2.24) is 15.5 Å². The summed E-state index contributed by atoms with van der Waals surface area (Å²) in [4.78, 5) is 23.5. The van der Waals surface area contributed by atoms with Crippen LogP contribution in [0.1, 0.15) is 20.3 Å². The molecular weight excluding hydrogens is 434 g/mol. The van der Waals surface area contributed by atoms with Gasteiger partial charge < -0.3 is 16.0 Å². The van der Waals surface area contributed by atoms with E-state index in [0.29, 0.717) is 21.6 Å². The Kier molecular flexibility index (Phi) is 6.75. The van der Waals surface area contributed by atoms with E-state index in [9.17, 15) is 18.0 Å². The molecule has 0 radical (unpaired) electrons. The molecule has 1 aliphatic heterocycles. The molecule has 0 bridgehead atoms.